The molecule has 160 valence electrons. The minimum atomic E-state index is -4.65. The average Bonchev–Trinajstić information content (AvgIpc) is 3.38. The van der Waals surface area contributed by atoms with E-state index in [0.29, 0.717) is 19.8 Å². The lowest BCUT2D eigenvalue weighted by Crippen LogP contribution is -2.44. The number of carbonyl (C=O) groups is 1. The summed E-state index contributed by atoms with van der Waals surface area (Å²) in [6.07, 6.45) is -4.65. The van der Waals surface area contributed by atoms with Crippen molar-refractivity contribution < 1.29 is 22.7 Å². The molecule has 0 radical (unpaired) electrons. The molecule has 1 saturated heterocycles. The second-order valence-electron chi connectivity index (χ2n) is 6.99. The number of benzene rings is 1. The minimum Gasteiger partial charge on any atom is -0.379 e. The first-order valence-corrected chi connectivity index (χ1v) is 10.5. The number of thiophene rings is 1. The fourth-order valence-corrected chi connectivity index (χ4v) is 4.50. The third kappa shape index (κ3) is 4.50. The molecule has 0 aliphatic carbocycles. The van der Waals surface area contributed by atoms with Crippen LogP contribution in [-0.2, 0) is 22.3 Å². The number of nitrogens with zero attached hydrogens (tertiary/aromatic N) is 3. The van der Waals surface area contributed by atoms with Gasteiger partial charge in [-0.15, -0.1) is 11.3 Å². The zero-order valence-corrected chi connectivity index (χ0v) is 16.9. The second-order valence-corrected chi connectivity index (χ2v) is 7.97. The number of carbonyl (C=O) groups excluding carboxylic acids is 1. The number of amides is 1. The van der Waals surface area contributed by atoms with Crippen molar-refractivity contribution in [2.75, 3.05) is 32.8 Å². The summed E-state index contributed by atoms with van der Waals surface area (Å²) in [5.41, 5.74) is 0.491. The summed E-state index contributed by atoms with van der Waals surface area (Å²) in [5, 5.41) is 4.79. The predicted molar refractivity (Wildman–Crippen MR) is 107 cm³/mol. The van der Waals surface area contributed by atoms with Gasteiger partial charge in [-0.25, -0.2) is 4.98 Å². The number of fused-ring (bicyclic) bond motifs is 1. The summed E-state index contributed by atoms with van der Waals surface area (Å²) < 4.78 is 46.7. The molecule has 0 bridgehead atoms. The molecule has 1 aliphatic rings. The Labute approximate surface area is 175 Å². The molecule has 0 unspecified atom stereocenters. The van der Waals surface area contributed by atoms with Crippen molar-refractivity contribution in [2.45, 2.75) is 18.8 Å². The van der Waals surface area contributed by atoms with Gasteiger partial charge in [-0.1, -0.05) is 18.2 Å². The minimum absolute atomic E-state index is 0.0422. The molecule has 3 aromatic rings. The van der Waals surface area contributed by atoms with E-state index in [2.05, 4.69) is 15.2 Å². The molecule has 4 rings (SSSR count). The number of morpholine rings is 1. The summed E-state index contributed by atoms with van der Waals surface area (Å²) >= 11 is 1.59. The largest absolute Gasteiger partial charge is 0.449 e. The van der Waals surface area contributed by atoms with E-state index in [0.717, 1.165) is 22.5 Å². The van der Waals surface area contributed by atoms with Crippen molar-refractivity contribution in [3.05, 3.63) is 52.5 Å². The summed E-state index contributed by atoms with van der Waals surface area (Å²) in [4.78, 5) is 19.6. The Morgan fingerprint density at radius 2 is 1.97 bits per heavy atom. The maximum absolute atomic E-state index is 13.4. The third-order valence-electron chi connectivity index (χ3n) is 5.06. The molecular weight excluding hydrogens is 417 g/mol. The van der Waals surface area contributed by atoms with Crippen LogP contribution in [0.25, 0.3) is 11.0 Å². The first-order chi connectivity index (χ1) is 14.4. The lowest BCUT2D eigenvalue weighted by atomic mass is 10.2. The number of aromatic nitrogens is 2. The van der Waals surface area contributed by atoms with Crippen LogP contribution < -0.4 is 5.32 Å². The van der Waals surface area contributed by atoms with Crippen molar-refractivity contribution in [3.8, 4) is 0 Å². The molecule has 6 nitrogen and oxygen atoms in total. The number of halogens is 3. The van der Waals surface area contributed by atoms with E-state index < -0.39 is 24.5 Å². The molecular formula is C20H21F3N4O2S. The van der Waals surface area contributed by atoms with Gasteiger partial charge in [0.25, 0.3) is 0 Å². The number of imidazole rings is 1. The molecule has 0 spiro atoms. The average molecular weight is 438 g/mol. The van der Waals surface area contributed by atoms with Crippen molar-refractivity contribution in [1.29, 1.82) is 0 Å². The summed E-state index contributed by atoms with van der Waals surface area (Å²) in [7, 11) is 0. The normalized spacial score (nSPS) is 16.6. The molecule has 2 aromatic heterocycles. The topological polar surface area (TPSA) is 59.4 Å². The van der Waals surface area contributed by atoms with Gasteiger partial charge in [-0.05, 0) is 23.6 Å². The van der Waals surface area contributed by atoms with E-state index in [-0.39, 0.29) is 17.1 Å². The van der Waals surface area contributed by atoms with Crippen LogP contribution in [0.15, 0.2) is 41.8 Å². The molecule has 0 saturated carbocycles. The summed E-state index contributed by atoms with van der Waals surface area (Å²) in [6.45, 7) is 2.58. The van der Waals surface area contributed by atoms with Crippen LogP contribution >= 0.6 is 11.3 Å². The van der Waals surface area contributed by atoms with Crippen LogP contribution in [0, 0.1) is 0 Å². The number of ether oxygens (including phenoxy) is 1. The maximum Gasteiger partial charge on any atom is 0.449 e. The van der Waals surface area contributed by atoms with Crippen molar-refractivity contribution in [1.82, 2.24) is 19.8 Å². The molecule has 1 N–H and O–H groups in total. The number of nitrogens with one attached hydrogen (secondary N) is 1. The van der Waals surface area contributed by atoms with Crippen molar-refractivity contribution in [3.63, 3.8) is 0 Å². The van der Waals surface area contributed by atoms with E-state index in [4.69, 9.17) is 4.74 Å². The molecule has 3 heterocycles. The van der Waals surface area contributed by atoms with Crippen LogP contribution in [0.4, 0.5) is 13.2 Å². The van der Waals surface area contributed by atoms with Crippen LogP contribution in [0.3, 0.4) is 0 Å². The number of rotatable bonds is 6. The Morgan fingerprint density at radius 1 is 1.20 bits per heavy atom. The Kier molecular flexibility index (Phi) is 6.07. The van der Waals surface area contributed by atoms with Crippen molar-refractivity contribution >= 4 is 28.3 Å². The quantitative estimate of drug-likeness (QED) is 0.642. The van der Waals surface area contributed by atoms with E-state index in [1.807, 2.05) is 17.5 Å². The highest BCUT2D eigenvalue weighted by Gasteiger charge is 2.38. The third-order valence-corrected chi connectivity index (χ3v) is 6.03. The lowest BCUT2D eigenvalue weighted by Gasteiger charge is -2.34. The molecule has 10 heteroatoms. The van der Waals surface area contributed by atoms with Gasteiger partial charge in [0.15, 0.2) is 0 Å². The molecule has 30 heavy (non-hydrogen) atoms. The Balaban J connectivity index is 1.50. The smallest absolute Gasteiger partial charge is 0.379 e. The highest BCUT2D eigenvalue weighted by molar-refractivity contribution is 7.10. The zero-order valence-electron chi connectivity index (χ0n) is 16.1. The van der Waals surface area contributed by atoms with Crippen LogP contribution in [0.2, 0.25) is 0 Å². The monoisotopic (exact) mass is 438 g/mol. The second kappa shape index (κ2) is 8.75. The van der Waals surface area contributed by atoms with Gasteiger partial charge >= 0.3 is 6.18 Å². The standard InChI is InChI=1S/C20H21F3N4O2S/c21-20(22,23)19-25-14-4-1-2-5-15(14)27(19)13-18(28)24-12-16(17-6-3-11-30-17)26-7-9-29-10-8-26/h1-6,11,16H,7-10,12-13H2,(H,24,28)/t16-/m0/s1. The van der Waals surface area contributed by atoms with Gasteiger partial charge in [0.2, 0.25) is 11.7 Å². The number of hydrogen-bond donors (Lipinski definition) is 1. The van der Waals surface area contributed by atoms with Gasteiger partial charge in [0.05, 0.1) is 30.3 Å². The maximum atomic E-state index is 13.4. The highest BCUT2D eigenvalue weighted by Crippen LogP contribution is 2.31. The fraction of sp³-hybridized carbons (Fsp3) is 0.400. The fourth-order valence-electron chi connectivity index (χ4n) is 3.64. The molecule has 1 aromatic carbocycles. The zero-order chi connectivity index (χ0) is 21.1. The summed E-state index contributed by atoms with van der Waals surface area (Å²) in [6, 6.07) is 10.2. The van der Waals surface area contributed by atoms with E-state index in [1.165, 1.54) is 12.1 Å². The van der Waals surface area contributed by atoms with E-state index in [9.17, 15) is 18.0 Å². The van der Waals surface area contributed by atoms with Crippen LogP contribution in [0.1, 0.15) is 16.7 Å². The first kappa shape index (κ1) is 20.8. The van der Waals surface area contributed by atoms with Gasteiger partial charge in [0, 0.05) is 24.5 Å². The summed E-state index contributed by atoms with van der Waals surface area (Å²) in [5.74, 6) is -1.56. The number of para-hydroxylation sites is 2. The van der Waals surface area contributed by atoms with Gasteiger partial charge in [-0.2, -0.15) is 13.2 Å². The number of alkyl halides is 3. The Hall–Kier alpha value is -2.43. The van der Waals surface area contributed by atoms with Gasteiger partial charge < -0.3 is 14.6 Å². The Morgan fingerprint density at radius 3 is 2.67 bits per heavy atom. The SMILES string of the molecule is O=C(Cn1c(C(F)(F)F)nc2ccccc21)NC[C@@H](c1cccs1)N1CCOCC1. The van der Waals surface area contributed by atoms with Gasteiger partial charge in [0.1, 0.15) is 6.54 Å². The molecule has 1 fully saturated rings. The van der Waals surface area contributed by atoms with Crippen LogP contribution in [0.5, 0.6) is 0 Å². The highest BCUT2D eigenvalue weighted by atomic mass is 32.1. The van der Waals surface area contributed by atoms with Crippen molar-refractivity contribution in [2.24, 2.45) is 0 Å². The lowest BCUT2D eigenvalue weighted by molar-refractivity contribution is -0.147. The Bertz CT molecular complexity index is 997. The number of hydrogen-bond acceptors (Lipinski definition) is 5. The van der Waals surface area contributed by atoms with E-state index >= 15 is 0 Å². The predicted octanol–water partition coefficient (Wildman–Crippen LogP) is 3.31. The molecule has 1 aliphatic heterocycles. The molecule has 1 atom stereocenters. The van der Waals surface area contributed by atoms with Gasteiger partial charge in [-0.3, -0.25) is 9.69 Å². The molecule has 1 amide bonds. The van der Waals surface area contributed by atoms with Crippen LogP contribution in [-0.4, -0.2) is 53.2 Å². The first-order valence-electron chi connectivity index (χ1n) is 9.58. The van der Waals surface area contributed by atoms with E-state index in [1.54, 1.807) is 23.5 Å².